The third-order valence-corrected chi connectivity index (χ3v) is 4.24. The fourth-order valence-electron chi connectivity index (χ4n) is 1.63. The largest absolute Gasteiger partial charge is 0.334 e. The third-order valence-electron chi connectivity index (χ3n) is 2.63. The van der Waals surface area contributed by atoms with Crippen LogP contribution in [0.15, 0.2) is 27.7 Å². The van der Waals surface area contributed by atoms with Gasteiger partial charge in [-0.3, -0.25) is 4.99 Å². The molecular formula is C12H14BrFN2S. The minimum absolute atomic E-state index is 0.246. The zero-order valence-corrected chi connectivity index (χ0v) is 11.9. The number of aliphatic imine (C=N–C) groups is 1. The molecule has 1 aliphatic rings. The topological polar surface area (TPSA) is 24.4 Å². The summed E-state index contributed by atoms with van der Waals surface area (Å²) in [4.78, 5) is 4.59. The van der Waals surface area contributed by atoms with Crippen molar-refractivity contribution in [1.29, 1.82) is 0 Å². The molecular weight excluding hydrogens is 303 g/mol. The van der Waals surface area contributed by atoms with E-state index < -0.39 is 0 Å². The van der Waals surface area contributed by atoms with Crippen molar-refractivity contribution in [2.24, 2.45) is 4.99 Å². The first-order chi connectivity index (χ1) is 8.19. The van der Waals surface area contributed by atoms with Crippen LogP contribution in [0.3, 0.4) is 0 Å². The number of hydrogen-bond acceptors (Lipinski definition) is 3. The molecule has 0 aromatic heterocycles. The maximum Gasteiger partial charge on any atom is 0.161 e. The molecule has 1 aromatic carbocycles. The normalized spacial score (nSPS) is 19.9. The van der Waals surface area contributed by atoms with Gasteiger partial charge < -0.3 is 5.32 Å². The number of benzene rings is 1. The molecule has 1 heterocycles. The summed E-state index contributed by atoms with van der Waals surface area (Å²) in [6, 6.07) is 5.00. The van der Waals surface area contributed by atoms with E-state index in [4.69, 9.17) is 0 Å². The van der Waals surface area contributed by atoms with Crippen molar-refractivity contribution in [3.05, 3.63) is 28.5 Å². The summed E-state index contributed by atoms with van der Waals surface area (Å²) >= 11 is 5.08. The zero-order chi connectivity index (χ0) is 12.3. The number of thioether (sulfide) groups is 1. The number of amidine groups is 1. The van der Waals surface area contributed by atoms with Crippen LogP contribution in [0.4, 0.5) is 10.1 Å². The van der Waals surface area contributed by atoms with Gasteiger partial charge in [0.1, 0.15) is 5.82 Å². The number of nitrogens with one attached hydrogen (secondary N) is 1. The van der Waals surface area contributed by atoms with Gasteiger partial charge in [-0.1, -0.05) is 18.7 Å². The number of rotatable bonds is 2. The number of halogens is 2. The summed E-state index contributed by atoms with van der Waals surface area (Å²) in [5.74, 6) is 0.821. The molecule has 2 nitrogen and oxygen atoms in total. The van der Waals surface area contributed by atoms with Crippen molar-refractivity contribution < 1.29 is 4.39 Å². The fraction of sp³-hybridized carbons (Fsp3) is 0.417. The first-order valence-corrected chi connectivity index (χ1v) is 7.39. The van der Waals surface area contributed by atoms with Gasteiger partial charge >= 0.3 is 0 Å². The highest BCUT2D eigenvalue weighted by atomic mass is 79.9. The molecule has 92 valence electrons. The van der Waals surface area contributed by atoms with Gasteiger partial charge in [0.25, 0.3) is 0 Å². The van der Waals surface area contributed by atoms with Crippen molar-refractivity contribution in [1.82, 2.24) is 0 Å². The molecule has 0 spiro atoms. The molecule has 0 radical (unpaired) electrons. The predicted molar refractivity (Wildman–Crippen MR) is 76.3 cm³/mol. The third kappa shape index (κ3) is 3.45. The van der Waals surface area contributed by atoms with Crippen molar-refractivity contribution in [3.8, 4) is 0 Å². The van der Waals surface area contributed by atoms with Gasteiger partial charge in [-0.05, 0) is 47.0 Å². The van der Waals surface area contributed by atoms with Crippen LogP contribution in [0.2, 0.25) is 0 Å². The minimum Gasteiger partial charge on any atom is -0.334 e. The second-order valence-electron chi connectivity index (χ2n) is 3.88. The van der Waals surface area contributed by atoms with Crippen molar-refractivity contribution >= 4 is 38.5 Å². The Bertz CT molecular complexity index is 437. The average Bonchev–Trinajstić information content (AvgIpc) is 2.34. The average molecular weight is 317 g/mol. The van der Waals surface area contributed by atoms with E-state index in [2.05, 4.69) is 33.2 Å². The Morgan fingerprint density at radius 1 is 1.59 bits per heavy atom. The van der Waals surface area contributed by atoms with E-state index in [0.29, 0.717) is 6.04 Å². The van der Waals surface area contributed by atoms with E-state index in [-0.39, 0.29) is 5.82 Å². The van der Waals surface area contributed by atoms with Crippen LogP contribution in [0.1, 0.15) is 19.8 Å². The second kappa shape index (κ2) is 5.87. The van der Waals surface area contributed by atoms with Crippen LogP contribution in [-0.4, -0.2) is 17.0 Å². The van der Waals surface area contributed by atoms with Crippen LogP contribution in [0.25, 0.3) is 0 Å². The number of hydrogen-bond donors (Lipinski definition) is 1. The maximum absolute atomic E-state index is 13.1. The van der Waals surface area contributed by atoms with Gasteiger partial charge in [-0.25, -0.2) is 4.39 Å². The van der Waals surface area contributed by atoms with E-state index in [9.17, 15) is 4.39 Å². The van der Waals surface area contributed by atoms with Crippen LogP contribution in [0.5, 0.6) is 0 Å². The van der Waals surface area contributed by atoms with E-state index in [0.717, 1.165) is 33.9 Å². The van der Waals surface area contributed by atoms with Crippen LogP contribution >= 0.6 is 27.7 Å². The Hall–Kier alpha value is -0.550. The molecule has 1 unspecified atom stereocenters. The van der Waals surface area contributed by atoms with E-state index in [1.54, 1.807) is 17.8 Å². The smallest absolute Gasteiger partial charge is 0.161 e. The molecule has 0 fully saturated rings. The molecule has 17 heavy (non-hydrogen) atoms. The lowest BCUT2D eigenvalue weighted by molar-refractivity contribution is 0.628. The Balaban J connectivity index is 2.15. The SMILES string of the molecule is CCC1CCSC(Nc2cc(F)ccc2Br)=N1. The Kier molecular flexibility index (Phi) is 4.45. The van der Waals surface area contributed by atoms with Crippen LogP contribution in [0, 0.1) is 5.82 Å². The predicted octanol–water partition coefficient (Wildman–Crippen LogP) is 4.27. The molecule has 0 amide bonds. The summed E-state index contributed by atoms with van der Waals surface area (Å²) < 4.78 is 14.0. The highest BCUT2D eigenvalue weighted by Crippen LogP contribution is 2.26. The zero-order valence-electron chi connectivity index (χ0n) is 9.54. The lowest BCUT2D eigenvalue weighted by atomic mass is 10.2. The quantitative estimate of drug-likeness (QED) is 0.881. The molecule has 0 aliphatic carbocycles. The molecule has 1 aromatic rings. The second-order valence-corrected chi connectivity index (χ2v) is 5.82. The molecule has 1 N–H and O–H groups in total. The molecule has 0 saturated heterocycles. The van der Waals surface area contributed by atoms with Crippen molar-refractivity contribution in [3.63, 3.8) is 0 Å². The van der Waals surface area contributed by atoms with Gasteiger partial charge in [-0.2, -0.15) is 0 Å². The standard InChI is InChI=1S/C12H14BrFN2S/c1-2-9-5-6-17-12(15-9)16-11-7-8(14)3-4-10(11)13/h3-4,7,9H,2,5-6H2,1H3,(H,15,16). The van der Waals surface area contributed by atoms with Crippen LogP contribution < -0.4 is 5.32 Å². The highest BCUT2D eigenvalue weighted by molar-refractivity contribution is 9.10. The van der Waals surface area contributed by atoms with E-state index in [1.165, 1.54) is 12.1 Å². The van der Waals surface area contributed by atoms with Gasteiger partial charge in [0, 0.05) is 10.2 Å². The summed E-state index contributed by atoms with van der Waals surface area (Å²) in [7, 11) is 0. The first-order valence-electron chi connectivity index (χ1n) is 5.61. The monoisotopic (exact) mass is 316 g/mol. The summed E-state index contributed by atoms with van der Waals surface area (Å²) in [5, 5.41) is 4.06. The maximum atomic E-state index is 13.1. The number of nitrogens with zero attached hydrogens (tertiary/aromatic N) is 1. The Morgan fingerprint density at radius 3 is 3.18 bits per heavy atom. The van der Waals surface area contributed by atoms with E-state index in [1.807, 2.05) is 0 Å². The molecule has 1 aliphatic heterocycles. The first kappa shape index (κ1) is 12.9. The number of anilines is 1. The summed E-state index contributed by atoms with van der Waals surface area (Å²) in [6.07, 6.45) is 2.17. The molecule has 0 bridgehead atoms. The van der Waals surface area contributed by atoms with Gasteiger partial charge in [0.15, 0.2) is 5.17 Å². The molecule has 1 atom stereocenters. The molecule has 5 heteroatoms. The summed E-state index contributed by atoms with van der Waals surface area (Å²) in [5.41, 5.74) is 0.730. The lowest BCUT2D eigenvalue weighted by Gasteiger charge is -2.20. The van der Waals surface area contributed by atoms with Crippen molar-refractivity contribution in [2.75, 3.05) is 11.1 Å². The van der Waals surface area contributed by atoms with Gasteiger partial charge in [0.05, 0.1) is 11.7 Å². The van der Waals surface area contributed by atoms with Crippen LogP contribution in [-0.2, 0) is 0 Å². The minimum atomic E-state index is -0.246. The van der Waals surface area contributed by atoms with Gasteiger partial charge in [0.2, 0.25) is 0 Å². The van der Waals surface area contributed by atoms with Crippen molar-refractivity contribution in [2.45, 2.75) is 25.8 Å². The fourth-order valence-corrected chi connectivity index (χ4v) is 2.97. The molecule has 0 saturated carbocycles. The Labute approximate surface area is 113 Å². The van der Waals surface area contributed by atoms with Gasteiger partial charge in [-0.15, -0.1) is 0 Å². The summed E-state index contributed by atoms with van der Waals surface area (Å²) in [6.45, 7) is 2.14. The molecule has 2 rings (SSSR count). The lowest BCUT2D eigenvalue weighted by Crippen LogP contribution is -2.19. The Morgan fingerprint density at radius 2 is 2.41 bits per heavy atom. The van der Waals surface area contributed by atoms with E-state index >= 15 is 0 Å². The highest BCUT2D eigenvalue weighted by Gasteiger charge is 2.14.